The van der Waals surface area contributed by atoms with Crippen LogP contribution in [0, 0.1) is 0 Å². The molecule has 1 amide bonds. The van der Waals surface area contributed by atoms with Crippen molar-refractivity contribution >= 4 is 5.91 Å². The number of nitrogens with zero attached hydrogens (tertiary/aromatic N) is 2. The smallest absolute Gasteiger partial charge is 0.225 e. The van der Waals surface area contributed by atoms with E-state index in [2.05, 4.69) is 4.98 Å². The van der Waals surface area contributed by atoms with Crippen molar-refractivity contribution in [3.8, 4) is 17.0 Å². The third-order valence-electron chi connectivity index (χ3n) is 2.67. The number of methoxy groups -OCH3 is 1. The maximum Gasteiger partial charge on any atom is 0.225 e. The maximum atomic E-state index is 10.9. The highest BCUT2D eigenvalue weighted by Gasteiger charge is 2.09. The van der Waals surface area contributed by atoms with E-state index in [1.807, 2.05) is 37.5 Å². The number of nitrogens with two attached hydrogens (primary N) is 1. The summed E-state index contributed by atoms with van der Waals surface area (Å²) in [5, 5.41) is 0. The minimum atomic E-state index is -0.388. The largest absolute Gasteiger partial charge is 0.497 e. The average molecular weight is 245 g/mol. The molecule has 0 unspecified atom stereocenters. The highest BCUT2D eigenvalue weighted by molar-refractivity contribution is 5.76. The number of aromatic nitrogens is 2. The molecule has 0 spiro atoms. The fourth-order valence-corrected chi connectivity index (χ4v) is 1.75. The van der Waals surface area contributed by atoms with Crippen LogP contribution in [0.15, 0.2) is 30.5 Å². The lowest BCUT2D eigenvalue weighted by Gasteiger charge is -2.01. The van der Waals surface area contributed by atoms with Crippen molar-refractivity contribution in [2.75, 3.05) is 7.11 Å². The lowest BCUT2D eigenvalue weighted by Crippen LogP contribution is -2.16. The Labute approximate surface area is 105 Å². The number of benzene rings is 1. The Bertz CT molecular complexity index is 575. The van der Waals surface area contributed by atoms with Gasteiger partial charge in [0.2, 0.25) is 5.91 Å². The zero-order valence-electron chi connectivity index (χ0n) is 10.4. The van der Waals surface area contributed by atoms with Gasteiger partial charge in [-0.2, -0.15) is 0 Å². The molecule has 0 radical (unpaired) electrons. The van der Waals surface area contributed by atoms with E-state index in [0.29, 0.717) is 5.82 Å². The Kier molecular flexibility index (Phi) is 3.32. The third-order valence-corrected chi connectivity index (χ3v) is 2.67. The predicted octanol–water partition coefficient (Wildman–Crippen LogP) is 1.12. The summed E-state index contributed by atoms with van der Waals surface area (Å²) in [5.74, 6) is 1.04. The van der Waals surface area contributed by atoms with Crippen molar-refractivity contribution in [3.63, 3.8) is 0 Å². The van der Waals surface area contributed by atoms with E-state index in [9.17, 15) is 4.79 Å². The van der Waals surface area contributed by atoms with E-state index in [4.69, 9.17) is 10.5 Å². The summed E-state index contributed by atoms with van der Waals surface area (Å²) in [5.41, 5.74) is 6.92. The van der Waals surface area contributed by atoms with Crippen molar-refractivity contribution in [3.05, 3.63) is 36.3 Å². The quantitative estimate of drug-likeness (QED) is 0.877. The summed E-state index contributed by atoms with van der Waals surface area (Å²) >= 11 is 0. The molecule has 0 aliphatic heterocycles. The van der Waals surface area contributed by atoms with Gasteiger partial charge in [-0.05, 0) is 12.1 Å². The standard InChI is InChI=1S/C13H15N3O2/c1-16-8-11(15-13(16)7-12(14)17)9-4-3-5-10(6-9)18-2/h3-6,8H,7H2,1-2H3,(H2,14,17). The molecule has 18 heavy (non-hydrogen) atoms. The molecule has 2 aromatic rings. The third kappa shape index (κ3) is 2.51. The zero-order valence-corrected chi connectivity index (χ0v) is 10.4. The molecule has 1 aromatic carbocycles. The first-order valence-corrected chi connectivity index (χ1v) is 5.55. The van der Waals surface area contributed by atoms with Crippen molar-refractivity contribution < 1.29 is 9.53 Å². The van der Waals surface area contributed by atoms with Crippen LogP contribution in [0.5, 0.6) is 5.75 Å². The van der Waals surface area contributed by atoms with Crippen molar-refractivity contribution in [1.82, 2.24) is 9.55 Å². The van der Waals surface area contributed by atoms with Gasteiger partial charge in [0.15, 0.2) is 0 Å². The molecule has 94 valence electrons. The molecule has 0 fully saturated rings. The second-order valence-corrected chi connectivity index (χ2v) is 4.03. The number of rotatable bonds is 4. The fraction of sp³-hybridized carbons (Fsp3) is 0.231. The number of carbonyl (C=O) groups excluding carboxylic acids is 1. The van der Waals surface area contributed by atoms with Gasteiger partial charge in [-0.25, -0.2) is 4.98 Å². The Balaban J connectivity index is 2.35. The molecule has 0 aliphatic rings. The van der Waals surface area contributed by atoms with E-state index in [1.54, 1.807) is 11.7 Å². The lowest BCUT2D eigenvalue weighted by molar-refractivity contribution is -0.117. The maximum absolute atomic E-state index is 10.9. The van der Waals surface area contributed by atoms with Crippen LogP contribution in [-0.4, -0.2) is 22.6 Å². The molecule has 1 aromatic heterocycles. The normalized spacial score (nSPS) is 10.3. The number of hydrogen-bond acceptors (Lipinski definition) is 3. The summed E-state index contributed by atoms with van der Waals surface area (Å²) in [6, 6.07) is 7.61. The first kappa shape index (κ1) is 12.2. The minimum absolute atomic E-state index is 0.139. The molecular formula is C13H15N3O2. The van der Waals surface area contributed by atoms with Gasteiger partial charge in [-0.3, -0.25) is 4.79 Å². The average Bonchev–Trinajstić information content (AvgIpc) is 2.70. The van der Waals surface area contributed by atoms with E-state index in [-0.39, 0.29) is 12.3 Å². The predicted molar refractivity (Wildman–Crippen MR) is 68.1 cm³/mol. The van der Waals surface area contributed by atoms with Gasteiger partial charge in [-0.15, -0.1) is 0 Å². The van der Waals surface area contributed by atoms with Crippen LogP contribution in [0.1, 0.15) is 5.82 Å². The summed E-state index contributed by atoms with van der Waals surface area (Å²) in [6.07, 6.45) is 2.01. The van der Waals surface area contributed by atoms with Crippen molar-refractivity contribution in [1.29, 1.82) is 0 Å². The molecule has 5 heteroatoms. The molecule has 0 atom stereocenters. The van der Waals surface area contributed by atoms with Gasteiger partial charge in [-0.1, -0.05) is 12.1 Å². The SMILES string of the molecule is COc1cccc(-c2cn(C)c(CC(N)=O)n2)c1. The highest BCUT2D eigenvalue weighted by atomic mass is 16.5. The highest BCUT2D eigenvalue weighted by Crippen LogP contribution is 2.22. The second kappa shape index (κ2) is 4.91. The van der Waals surface area contributed by atoms with E-state index < -0.39 is 0 Å². The Hall–Kier alpha value is -2.30. The monoisotopic (exact) mass is 245 g/mol. The van der Waals surface area contributed by atoms with Gasteiger partial charge in [0.05, 0.1) is 19.2 Å². The van der Waals surface area contributed by atoms with Crippen molar-refractivity contribution in [2.45, 2.75) is 6.42 Å². The van der Waals surface area contributed by atoms with Crippen LogP contribution >= 0.6 is 0 Å². The molecule has 1 heterocycles. The number of primary amides is 1. The lowest BCUT2D eigenvalue weighted by atomic mass is 10.1. The Morgan fingerprint density at radius 3 is 2.94 bits per heavy atom. The minimum Gasteiger partial charge on any atom is -0.497 e. The van der Waals surface area contributed by atoms with Gasteiger partial charge in [0, 0.05) is 18.8 Å². The van der Waals surface area contributed by atoms with E-state index >= 15 is 0 Å². The van der Waals surface area contributed by atoms with Crippen molar-refractivity contribution in [2.24, 2.45) is 12.8 Å². The first-order valence-electron chi connectivity index (χ1n) is 5.55. The molecular weight excluding hydrogens is 230 g/mol. The summed E-state index contributed by atoms with van der Waals surface area (Å²) < 4.78 is 6.97. The second-order valence-electron chi connectivity index (χ2n) is 4.03. The molecule has 0 aliphatic carbocycles. The molecule has 2 rings (SSSR count). The van der Waals surface area contributed by atoms with Crippen LogP contribution in [-0.2, 0) is 18.3 Å². The molecule has 0 saturated carbocycles. The first-order chi connectivity index (χ1) is 8.60. The number of ether oxygens (including phenoxy) is 1. The molecule has 0 bridgehead atoms. The van der Waals surface area contributed by atoms with Crippen LogP contribution in [0.3, 0.4) is 0 Å². The van der Waals surface area contributed by atoms with E-state index in [0.717, 1.165) is 17.0 Å². The number of hydrogen-bond donors (Lipinski definition) is 1. The summed E-state index contributed by atoms with van der Waals surface area (Å²) in [6.45, 7) is 0. The van der Waals surface area contributed by atoms with Gasteiger partial charge in [0.1, 0.15) is 11.6 Å². The topological polar surface area (TPSA) is 70.1 Å². The van der Waals surface area contributed by atoms with Crippen LogP contribution in [0.25, 0.3) is 11.3 Å². The van der Waals surface area contributed by atoms with Crippen LogP contribution < -0.4 is 10.5 Å². The van der Waals surface area contributed by atoms with Crippen LogP contribution in [0.2, 0.25) is 0 Å². The summed E-state index contributed by atoms with van der Waals surface area (Å²) in [7, 11) is 3.46. The zero-order chi connectivity index (χ0) is 13.1. The number of aryl methyl sites for hydroxylation is 1. The number of carbonyl (C=O) groups is 1. The molecule has 5 nitrogen and oxygen atoms in total. The van der Waals surface area contributed by atoms with Gasteiger partial charge in [0.25, 0.3) is 0 Å². The number of amides is 1. The Morgan fingerprint density at radius 2 is 2.28 bits per heavy atom. The van der Waals surface area contributed by atoms with Gasteiger partial charge >= 0.3 is 0 Å². The Morgan fingerprint density at radius 1 is 1.50 bits per heavy atom. The fourth-order valence-electron chi connectivity index (χ4n) is 1.75. The molecule has 2 N–H and O–H groups in total. The van der Waals surface area contributed by atoms with Crippen LogP contribution in [0.4, 0.5) is 0 Å². The molecule has 0 saturated heterocycles. The van der Waals surface area contributed by atoms with E-state index in [1.165, 1.54) is 0 Å². The van der Waals surface area contributed by atoms with Gasteiger partial charge < -0.3 is 15.0 Å². The summed E-state index contributed by atoms with van der Waals surface area (Å²) in [4.78, 5) is 15.3. The number of imidazole rings is 1.